The van der Waals surface area contributed by atoms with Crippen molar-refractivity contribution in [3.63, 3.8) is 0 Å². The predicted molar refractivity (Wildman–Crippen MR) is 148 cm³/mol. The smallest absolute Gasteiger partial charge is 0.326 e. The van der Waals surface area contributed by atoms with Gasteiger partial charge in [-0.25, -0.2) is 4.79 Å². The van der Waals surface area contributed by atoms with Crippen LogP contribution in [0.4, 0.5) is 0 Å². The van der Waals surface area contributed by atoms with E-state index in [2.05, 4.69) is 20.9 Å². The maximum Gasteiger partial charge on any atom is 0.326 e. The number of rotatable bonds is 19. The third-order valence-corrected chi connectivity index (χ3v) is 5.88. The minimum absolute atomic E-state index is 0.00205. The topological polar surface area (TPSA) is 299 Å². The number of guanidine groups is 1. The molecule has 1 rings (SSSR count). The first kappa shape index (κ1) is 34.6. The summed E-state index contributed by atoms with van der Waals surface area (Å²) in [6.45, 7) is 0.450. The highest BCUT2D eigenvalue weighted by atomic mass is 16.4. The molecule has 0 radical (unpaired) electrons. The van der Waals surface area contributed by atoms with Crippen molar-refractivity contribution in [3.05, 3.63) is 29.8 Å². The molecule has 4 atom stereocenters. The van der Waals surface area contributed by atoms with Crippen molar-refractivity contribution in [1.82, 2.24) is 16.0 Å². The van der Waals surface area contributed by atoms with Crippen molar-refractivity contribution in [3.8, 4) is 5.75 Å². The van der Waals surface area contributed by atoms with E-state index in [9.17, 15) is 39.3 Å². The van der Waals surface area contributed by atoms with Crippen LogP contribution in [0, 0.1) is 0 Å². The molecule has 0 spiro atoms. The molecule has 228 valence electrons. The van der Waals surface area contributed by atoms with Gasteiger partial charge in [0, 0.05) is 6.54 Å². The number of aliphatic imine (C=N–C) groups is 1. The second kappa shape index (κ2) is 18.0. The van der Waals surface area contributed by atoms with Gasteiger partial charge in [0.15, 0.2) is 5.96 Å². The van der Waals surface area contributed by atoms with E-state index in [1.807, 2.05) is 0 Å². The average Bonchev–Trinajstić information content (AvgIpc) is 2.89. The maximum atomic E-state index is 13.1. The Morgan fingerprint density at radius 2 is 1.37 bits per heavy atom. The number of carboxylic acid groups (broad SMARTS) is 2. The Bertz CT molecular complexity index is 1060. The molecule has 0 aliphatic carbocycles. The van der Waals surface area contributed by atoms with E-state index < -0.39 is 60.2 Å². The number of benzene rings is 1. The Hall–Kier alpha value is -4.44. The van der Waals surface area contributed by atoms with Crippen LogP contribution in [-0.2, 0) is 30.4 Å². The SMILES string of the molecule is NCCCCC(NC(=O)C(CC(=O)O)NC(=O)C(N)Cc1ccc(O)cc1)C(=O)NC(CCCN=C(N)N)C(=O)O. The average molecular weight is 581 g/mol. The molecular formula is C25H40N8O8. The number of nitrogens with one attached hydrogen (secondary N) is 3. The molecule has 1 aromatic rings. The molecule has 41 heavy (non-hydrogen) atoms. The molecule has 0 saturated carbocycles. The Kier molecular flexibility index (Phi) is 15.2. The van der Waals surface area contributed by atoms with Crippen molar-refractivity contribution >= 4 is 35.6 Å². The Labute approximate surface area is 236 Å². The second-order valence-corrected chi connectivity index (χ2v) is 9.33. The zero-order chi connectivity index (χ0) is 30.9. The monoisotopic (exact) mass is 580 g/mol. The lowest BCUT2D eigenvalue weighted by molar-refractivity contribution is -0.143. The van der Waals surface area contributed by atoms with Crippen LogP contribution in [0.3, 0.4) is 0 Å². The highest BCUT2D eigenvalue weighted by Gasteiger charge is 2.31. The summed E-state index contributed by atoms with van der Waals surface area (Å²) in [5.41, 5.74) is 22.6. The third-order valence-electron chi connectivity index (χ3n) is 5.88. The molecule has 0 bridgehead atoms. The van der Waals surface area contributed by atoms with Gasteiger partial charge in [-0.05, 0) is 62.8 Å². The number of hydrogen-bond donors (Lipinski definition) is 10. The molecule has 4 unspecified atom stereocenters. The number of phenolic OH excluding ortho intramolecular Hbond substituents is 1. The largest absolute Gasteiger partial charge is 0.508 e. The molecule has 0 saturated heterocycles. The van der Waals surface area contributed by atoms with Gasteiger partial charge in [-0.3, -0.25) is 24.2 Å². The van der Waals surface area contributed by atoms with Crippen molar-refractivity contribution in [2.24, 2.45) is 27.9 Å². The van der Waals surface area contributed by atoms with E-state index in [1.54, 1.807) is 12.1 Å². The molecule has 0 heterocycles. The number of nitrogens with two attached hydrogens (primary N) is 4. The fourth-order valence-electron chi connectivity index (χ4n) is 3.71. The van der Waals surface area contributed by atoms with Gasteiger partial charge in [-0.2, -0.15) is 0 Å². The van der Waals surface area contributed by atoms with Crippen LogP contribution in [0.25, 0.3) is 0 Å². The van der Waals surface area contributed by atoms with Crippen molar-refractivity contribution in [2.75, 3.05) is 13.1 Å². The van der Waals surface area contributed by atoms with Gasteiger partial charge in [0.1, 0.15) is 23.9 Å². The summed E-state index contributed by atoms with van der Waals surface area (Å²) in [6, 6.07) is 0.656. The molecule has 16 heteroatoms. The summed E-state index contributed by atoms with van der Waals surface area (Å²) < 4.78 is 0. The molecule has 0 aliphatic heterocycles. The van der Waals surface area contributed by atoms with Crippen LogP contribution in [0.15, 0.2) is 29.3 Å². The highest BCUT2D eigenvalue weighted by Crippen LogP contribution is 2.11. The number of aromatic hydroxyl groups is 1. The number of aliphatic carboxylic acids is 2. The van der Waals surface area contributed by atoms with Crippen LogP contribution in [0.5, 0.6) is 5.75 Å². The number of carbonyl (C=O) groups excluding carboxylic acids is 3. The van der Waals surface area contributed by atoms with Crippen LogP contribution in [0.2, 0.25) is 0 Å². The number of amides is 3. The molecule has 0 aromatic heterocycles. The summed E-state index contributed by atoms with van der Waals surface area (Å²) in [5.74, 6) is -5.43. The summed E-state index contributed by atoms with van der Waals surface area (Å²) >= 11 is 0. The van der Waals surface area contributed by atoms with E-state index in [1.165, 1.54) is 12.1 Å². The first-order chi connectivity index (χ1) is 19.3. The van der Waals surface area contributed by atoms with Gasteiger partial charge in [-0.1, -0.05) is 12.1 Å². The quantitative estimate of drug-likeness (QED) is 0.0460. The van der Waals surface area contributed by atoms with Crippen LogP contribution >= 0.6 is 0 Å². The van der Waals surface area contributed by atoms with Gasteiger partial charge < -0.3 is 54.2 Å². The van der Waals surface area contributed by atoms with Crippen molar-refractivity contribution < 1.29 is 39.3 Å². The first-order valence-corrected chi connectivity index (χ1v) is 13.0. The molecule has 0 fully saturated rings. The van der Waals surface area contributed by atoms with Crippen molar-refractivity contribution in [1.29, 1.82) is 0 Å². The maximum absolute atomic E-state index is 13.1. The van der Waals surface area contributed by atoms with Gasteiger partial charge in [0.2, 0.25) is 17.7 Å². The predicted octanol–water partition coefficient (Wildman–Crippen LogP) is -2.54. The number of carboxylic acids is 2. The number of unbranched alkanes of at least 4 members (excludes halogenated alkanes) is 1. The molecule has 16 nitrogen and oxygen atoms in total. The molecule has 0 aliphatic rings. The standard InChI is InChI=1S/C25H40N8O8/c26-10-2-1-4-17(22(38)32-18(24(40)41)5-3-11-30-25(28)29)31-23(39)19(13-20(35)36)33-21(37)16(27)12-14-6-8-15(34)9-7-14/h6-9,16-19,34H,1-5,10-13,26-27H2,(H,31,39)(H,32,38)(H,33,37)(H,35,36)(H,40,41)(H4,28,29,30). The minimum Gasteiger partial charge on any atom is -0.508 e. The zero-order valence-electron chi connectivity index (χ0n) is 22.6. The Morgan fingerprint density at radius 3 is 1.93 bits per heavy atom. The highest BCUT2D eigenvalue weighted by molar-refractivity contribution is 5.95. The number of phenols is 1. The fraction of sp³-hybridized carbons (Fsp3) is 0.520. The number of hydrogen-bond acceptors (Lipinski definition) is 9. The van der Waals surface area contributed by atoms with Crippen LogP contribution in [0.1, 0.15) is 44.1 Å². The molecular weight excluding hydrogens is 540 g/mol. The van der Waals surface area contributed by atoms with Gasteiger partial charge in [0.05, 0.1) is 12.5 Å². The summed E-state index contributed by atoms with van der Waals surface area (Å²) in [4.78, 5) is 65.6. The first-order valence-electron chi connectivity index (χ1n) is 13.0. The van der Waals surface area contributed by atoms with Gasteiger partial charge >= 0.3 is 11.9 Å². The summed E-state index contributed by atoms with van der Waals surface area (Å²) in [7, 11) is 0. The number of nitrogens with zero attached hydrogens (tertiary/aromatic N) is 1. The third kappa shape index (κ3) is 14.0. The van der Waals surface area contributed by atoms with E-state index >= 15 is 0 Å². The van der Waals surface area contributed by atoms with Crippen molar-refractivity contribution in [2.45, 2.75) is 69.1 Å². The fourth-order valence-corrected chi connectivity index (χ4v) is 3.71. The Balaban J connectivity index is 2.96. The van der Waals surface area contributed by atoms with Gasteiger partial charge in [0.25, 0.3) is 0 Å². The lowest BCUT2D eigenvalue weighted by Gasteiger charge is -2.25. The molecule has 3 amide bonds. The zero-order valence-corrected chi connectivity index (χ0v) is 22.6. The lowest BCUT2D eigenvalue weighted by atomic mass is 10.0. The molecule has 1 aromatic carbocycles. The summed E-state index contributed by atoms with van der Waals surface area (Å²) in [6.07, 6.45) is 0.449. The second-order valence-electron chi connectivity index (χ2n) is 9.33. The number of carbonyl (C=O) groups is 5. The van der Waals surface area contributed by atoms with Crippen LogP contribution in [-0.4, -0.2) is 88.2 Å². The lowest BCUT2D eigenvalue weighted by Crippen LogP contribution is -2.57. The van der Waals surface area contributed by atoms with E-state index in [0.717, 1.165) is 0 Å². The van der Waals surface area contributed by atoms with Crippen LogP contribution < -0.4 is 38.9 Å². The van der Waals surface area contributed by atoms with E-state index in [4.69, 9.17) is 22.9 Å². The normalized spacial score (nSPS) is 13.6. The molecule has 14 N–H and O–H groups in total. The Morgan fingerprint density at radius 1 is 0.805 bits per heavy atom. The van der Waals surface area contributed by atoms with E-state index in [0.29, 0.717) is 24.9 Å². The van der Waals surface area contributed by atoms with Gasteiger partial charge in [-0.15, -0.1) is 0 Å². The summed E-state index contributed by atoms with van der Waals surface area (Å²) in [5, 5.41) is 35.3. The van der Waals surface area contributed by atoms with E-state index in [-0.39, 0.29) is 43.9 Å². The minimum atomic E-state index is -1.58.